The van der Waals surface area contributed by atoms with E-state index in [4.69, 9.17) is 9.47 Å². The summed E-state index contributed by atoms with van der Waals surface area (Å²) in [6, 6.07) is 6.44. The van der Waals surface area contributed by atoms with E-state index in [1.54, 1.807) is 30.6 Å². The van der Waals surface area contributed by atoms with Crippen LogP contribution in [0.5, 0.6) is 11.6 Å². The molecule has 0 amide bonds. The molecule has 10 heteroatoms. The van der Waals surface area contributed by atoms with Gasteiger partial charge in [-0.2, -0.15) is 0 Å². The van der Waals surface area contributed by atoms with Crippen molar-refractivity contribution >= 4 is 5.82 Å². The third kappa shape index (κ3) is 4.19. The number of piperidine rings is 1. The van der Waals surface area contributed by atoms with Crippen molar-refractivity contribution in [1.82, 2.24) is 25.3 Å². The summed E-state index contributed by atoms with van der Waals surface area (Å²) < 4.78 is 25.6. The minimum absolute atomic E-state index is 0.0514. The largest absolute Gasteiger partial charge is 0.507 e. The van der Waals surface area contributed by atoms with E-state index < -0.39 is 6.17 Å². The first-order valence-electron chi connectivity index (χ1n) is 10.8. The van der Waals surface area contributed by atoms with Gasteiger partial charge in [-0.15, -0.1) is 0 Å². The van der Waals surface area contributed by atoms with E-state index in [0.717, 1.165) is 5.56 Å². The number of alkyl halides is 1. The van der Waals surface area contributed by atoms with E-state index in [0.29, 0.717) is 48.3 Å². The van der Waals surface area contributed by atoms with E-state index in [9.17, 15) is 9.50 Å². The average Bonchev–Trinajstić information content (AvgIpc) is 2.86. The Labute approximate surface area is 190 Å². The van der Waals surface area contributed by atoms with E-state index in [1.165, 1.54) is 13.4 Å². The summed E-state index contributed by atoms with van der Waals surface area (Å²) in [6.45, 7) is 0.971. The van der Waals surface area contributed by atoms with Crippen LogP contribution in [-0.4, -0.2) is 76.7 Å². The molecule has 172 valence electrons. The van der Waals surface area contributed by atoms with Crippen LogP contribution in [-0.2, 0) is 4.74 Å². The Morgan fingerprint density at radius 1 is 1.12 bits per heavy atom. The predicted octanol–water partition coefficient (Wildman–Crippen LogP) is 2.22. The molecule has 0 saturated carbocycles. The number of nitrogens with one attached hydrogen (secondary N) is 1. The van der Waals surface area contributed by atoms with Crippen LogP contribution in [0.2, 0.25) is 0 Å². The number of morpholine rings is 1. The molecule has 2 aromatic heterocycles. The van der Waals surface area contributed by atoms with Gasteiger partial charge in [0.05, 0.1) is 56.2 Å². The number of ether oxygens (including phenoxy) is 2. The molecule has 2 fully saturated rings. The van der Waals surface area contributed by atoms with Crippen molar-refractivity contribution < 1.29 is 19.0 Å². The number of benzene rings is 1. The van der Waals surface area contributed by atoms with Crippen LogP contribution in [0.3, 0.4) is 0 Å². The number of halogens is 1. The van der Waals surface area contributed by atoms with Gasteiger partial charge >= 0.3 is 0 Å². The van der Waals surface area contributed by atoms with Gasteiger partial charge in [0.15, 0.2) is 0 Å². The molecule has 9 nitrogen and oxygen atoms in total. The second-order valence-corrected chi connectivity index (χ2v) is 8.30. The highest BCUT2D eigenvalue weighted by molar-refractivity contribution is 5.73. The van der Waals surface area contributed by atoms with Crippen LogP contribution in [0.4, 0.5) is 10.2 Å². The van der Waals surface area contributed by atoms with Crippen LogP contribution >= 0.6 is 0 Å². The fourth-order valence-corrected chi connectivity index (χ4v) is 4.45. The van der Waals surface area contributed by atoms with Crippen LogP contribution < -0.4 is 15.0 Å². The molecule has 2 aliphatic heterocycles. The number of phenols is 1. The lowest BCUT2D eigenvalue weighted by molar-refractivity contribution is -0.0175. The van der Waals surface area contributed by atoms with Crippen LogP contribution in [0.25, 0.3) is 22.5 Å². The van der Waals surface area contributed by atoms with Gasteiger partial charge < -0.3 is 24.8 Å². The molecule has 2 N–H and O–H groups in total. The molecule has 4 heterocycles. The molecule has 0 aliphatic carbocycles. The lowest BCUT2D eigenvalue weighted by Crippen LogP contribution is -2.65. The van der Waals surface area contributed by atoms with Gasteiger partial charge in [0, 0.05) is 30.3 Å². The fourth-order valence-electron chi connectivity index (χ4n) is 4.45. The van der Waals surface area contributed by atoms with E-state index in [1.807, 2.05) is 18.0 Å². The molecule has 33 heavy (non-hydrogen) atoms. The zero-order chi connectivity index (χ0) is 22.9. The third-order valence-corrected chi connectivity index (χ3v) is 6.26. The van der Waals surface area contributed by atoms with Crippen molar-refractivity contribution in [3.63, 3.8) is 0 Å². The number of aromatic nitrogens is 4. The third-order valence-electron chi connectivity index (χ3n) is 6.26. The second kappa shape index (κ2) is 8.87. The first-order chi connectivity index (χ1) is 16.0. The molecule has 1 unspecified atom stereocenters. The predicted molar refractivity (Wildman–Crippen MR) is 120 cm³/mol. The average molecular weight is 452 g/mol. The maximum absolute atomic E-state index is 15.0. The number of rotatable bonds is 5. The molecule has 0 radical (unpaired) electrons. The molecule has 5 rings (SSSR count). The molecule has 4 atom stereocenters. The van der Waals surface area contributed by atoms with Crippen LogP contribution in [0, 0.1) is 0 Å². The molecule has 2 bridgehead atoms. The minimum atomic E-state index is -1.06. The van der Waals surface area contributed by atoms with E-state index >= 15 is 0 Å². The lowest BCUT2D eigenvalue weighted by atomic mass is 9.90. The molecule has 3 aromatic rings. The van der Waals surface area contributed by atoms with Gasteiger partial charge in [-0.25, -0.2) is 19.3 Å². The number of fused-ring (bicyclic) bond motifs is 2. The Balaban J connectivity index is 1.35. The molecule has 2 saturated heterocycles. The second-order valence-electron chi connectivity index (χ2n) is 8.30. The van der Waals surface area contributed by atoms with Crippen molar-refractivity contribution in [2.24, 2.45) is 0 Å². The van der Waals surface area contributed by atoms with E-state index in [2.05, 4.69) is 25.3 Å². The fraction of sp³-hybridized carbons (Fsp3) is 0.391. The van der Waals surface area contributed by atoms with Crippen molar-refractivity contribution in [2.45, 2.75) is 30.7 Å². The molecule has 2 aliphatic rings. The van der Waals surface area contributed by atoms with Crippen LogP contribution in [0.1, 0.15) is 6.42 Å². The van der Waals surface area contributed by atoms with Gasteiger partial charge in [0.1, 0.15) is 24.1 Å². The van der Waals surface area contributed by atoms with Crippen molar-refractivity contribution in [3.05, 3.63) is 43.0 Å². The Bertz CT molecular complexity index is 1130. The summed E-state index contributed by atoms with van der Waals surface area (Å²) in [5.74, 6) is 1.07. The summed E-state index contributed by atoms with van der Waals surface area (Å²) >= 11 is 0. The number of methoxy groups -OCH3 is 1. The standard InChI is InChI=1S/C23H25FN6O3/c1-30(19-6-14-10-33-11-18(29-14)23(19)24)21-9-25-17(8-26-21)15-4-3-13(5-20(15)31)16-7-22(32-2)28-12-27-16/h3-5,7-9,12,14,18-19,23,29,31H,6,10-11H2,1-2H3/t14?,18-,19+,23-/m0/s1. The van der Waals surface area contributed by atoms with Crippen molar-refractivity contribution in [1.29, 1.82) is 0 Å². The summed E-state index contributed by atoms with van der Waals surface area (Å²) in [5.41, 5.74) is 2.41. The van der Waals surface area contributed by atoms with Gasteiger partial charge in [-0.3, -0.25) is 4.98 Å². The summed E-state index contributed by atoms with van der Waals surface area (Å²) in [4.78, 5) is 19.0. The molecule has 1 aromatic carbocycles. The minimum Gasteiger partial charge on any atom is -0.507 e. The van der Waals surface area contributed by atoms with Gasteiger partial charge in [-0.05, 0) is 18.6 Å². The lowest BCUT2D eigenvalue weighted by Gasteiger charge is -2.45. The topological polar surface area (TPSA) is 106 Å². The Morgan fingerprint density at radius 2 is 2.00 bits per heavy atom. The number of phenolic OH excluding ortho intramolecular Hbond substituents is 1. The van der Waals surface area contributed by atoms with Crippen molar-refractivity contribution in [3.8, 4) is 34.1 Å². The number of hydrogen-bond donors (Lipinski definition) is 2. The number of hydrogen-bond acceptors (Lipinski definition) is 9. The highest BCUT2D eigenvalue weighted by Gasteiger charge is 2.42. The van der Waals surface area contributed by atoms with Gasteiger partial charge in [0.25, 0.3) is 0 Å². The van der Waals surface area contributed by atoms with Gasteiger partial charge in [0.2, 0.25) is 5.88 Å². The SMILES string of the molecule is COc1cc(-c2ccc(-c3cnc(N(C)[C@@H]4CC5COC[C@H](N5)[C@@H]4F)cn3)c(O)c2)ncn1. The molecular formula is C23H25FN6O3. The van der Waals surface area contributed by atoms with E-state index in [-0.39, 0.29) is 23.9 Å². The number of anilines is 1. The maximum Gasteiger partial charge on any atom is 0.216 e. The summed E-state index contributed by atoms with van der Waals surface area (Å²) in [5, 5.41) is 13.9. The number of nitrogens with zero attached hydrogens (tertiary/aromatic N) is 5. The zero-order valence-electron chi connectivity index (χ0n) is 18.3. The first kappa shape index (κ1) is 21.5. The summed E-state index contributed by atoms with van der Waals surface area (Å²) in [7, 11) is 3.37. The normalized spacial score (nSPS) is 24.3. The maximum atomic E-state index is 15.0. The smallest absolute Gasteiger partial charge is 0.216 e. The van der Waals surface area contributed by atoms with Gasteiger partial charge in [-0.1, -0.05) is 6.07 Å². The molecule has 0 spiro atoms. The van der Waals surface area contributed by atoms with Crippen molar-refractivity contribution in [2.75, 3.05) is 32.3 Å². The first-order valence-corrected chi connectivity index (χ1v) is 10.8. The Morgan fingerprint density at radius 3 is 2.76 bits per heavy atom. The quantitative estimate of drug-likeness (QED) is 0.603. The summed E-state index contributed by atoms with van der Waals surface area (Å²) in [6.07, 6.45) is 4.17. The monoisotopic (exact) mass is 452 g/mol. The highest BCUT2D eigenvalue weighted by atomic mass is 19.1. The van der Waals surface area contributed by atoms with Crippen LogP contribution in [0.15, 0.2) is 43.0 Å². The Kier molecular flexibility index (Phi) is 5.77. The Hall–Kier alpha value is -3.37. The zero-order valence-corrected chi connectivity index (χ0v) is 18.3. The highest BCUT2D eigenvalue weighted by Crippen LogP contribution is 2.33. The number of aromatic hydroxyl groups is 1. The molecular weight excluding hydrogens is 427 g/mol.